The number of benzene rings is 1. The topological polar surface area (TPSA) is 141 Å². The minimum absolute atomic E-state index is 0.167. The first-order valence-electron chi connectivity index (χ1n) is 8.56. The summed E-state index contributed by atoms with van der Waals surface area (Å²) in [4.78, 5) is 36.1. The van der Waals surface area contributed by atoms with Crippen LogP contribution in [0.25, 0.3) is 0 Å². The average molecular weight is 374 g/mol. The summed E-state index contributed by atoms with van der Waals surface area (Å²) >= 11 is 0. The normalized spacial score (nSPS) is 10.7. The zero-order valence-electron chi connectivity index (χ0n) is 14.9. The Morgan fingerprint density at radius 3 is 2.89 bits per heavy atom. The third kappa shape index (κ3) is 6.77. The summed E-state index contributed by atoms with van der Waals surface area (Å²) in [6.45, 7) is 2.51. The van der Waals surface area contributed by atoms with Crippen LogP contribution in [0.3, 0.4) is 0 Å². The molecule has 0 saturated carbocycles. The molecule has 144 valence electrons. The van der Waals surface area contributed by atoms with Crippen molar-refractivity contribution < 1.29 is 9.53 Å². The van der Waals surface area contributed by atoms with E-state index in [0.29, 0.717) is 12.4 Å². The predicted octanol–water partition coefficient (Wildman–Crippen LogP) is 0.589. The third-order valence-electron chi connectivity index (χ3n) is 3.45. The molecule has 4 N–H and O–H groups in total. The highest BCUT2D eigenvalue weighted by Gasteiger charge is 2.05. The van der Waals surface area contributed by atoms with Crippen LogP contribution in [-0.4, -0.2) is 40.5 Å². The number of hydrogen-bond acceptors (Lipinski definition) is 7. The van der Waals surface area contributed by atoms with Gasteiger partial charge in [-0.05, 0) is 18.6 Å². The molecule has 27 heavy (non-hydrogen) atoms. The van der Waals surface area contributed by atoms with E-state index in [2.05, 4.69) is 33.0 Å². The van der Waals surface area contributed by atoms with Gasteiger partial charge in [-0.25, -0.2) is 15.3 Å². The van der Waals surface area contributed by atoms with Crippen molar-refractivity contribution in [2.75, 3.05) is 18.5 Å². The van der Waals surface area contributed by atoms with Crippen molar-refractivity contribution in [1.29, 1.82) is 0 Å². The van der Waals surface area contributed by atoms with Gasteiger partial charge in [0.15, 0.2) is 0 Å². The van der Waals surface area contributed by atoms with E-state index in [9.17, 15) is 14.4 Å². The molecule has 10 nitrogen and oxygen atoms in total. The number of carbonyl (C=O) groups is 1. The van der Waals surface area contributed by atoms with Crippen molar-refractivity contribution in [2.24, 2.45) is 5.10 Å². The zero-order valence-corrected chi connectivity index (χ0v) is 14.9. The third-order valence-corrected chi connectivity index (χ3v) is 3.45. The number of hydrogen-bond donors (Lipinski definition) is 4. The van der Waals surface area contributed by atoms with Gasteiger partial charge in [0.1, 0.15) is 5.75 Å². The minimum atomic E-state index is -0.727. The summed E-state index contributed by atoms with van der Waals surface area (Å²) in [6.07, 6.45) is 4.68. The molecule has 0 fully saturated rings. The molecule has 0 radical (unpaired) electrons. The summed E-state index contributed by atoms with van der Waals surface area (Å²) in [5, 5.41) is 12.0. The number of nitrogens with zero attached hydrogens (tertiary/aromatic N) is 2. The number of ether oxygens (including phenoxy) is 1. The maximum Gasteiger partial charge on any atom is 0.342 e. The van der Waals surface area contributed by atoms with E-state index in [0.717, 1.165) is 24.8 Å². The predicted molar refractivity (Wildman–Crippen MR) is 101 cm³/mol. The number of carbonyl (C=O) groups excluding carboxylic acids is 1. The Hall–Kier alpha value is -3.43. The van der Waals surface area contributed by atoms with Gasteiger partial charge in [-0.15, -0.1) is 5.10 Å². The zero-order chi connectivity index (χ0) is 19.5. The first-order valence-corrected chi connectivity index (χ1v) is 8.56. The highest BCUT2D eigenvalue weighted by molar-refractivity contribution is 5.86. The van der Waals surface area contributed by atoms with Crippen LogP contribution in [0.4, 0.5) is 5.82 Å². The van der Waals surface area contributed by atoms with Crippen molar-refractivity contribution in [3.63, 3.8) is 0 Å². The van der Waals surface area contributed by atoms with Gasteiger partial charge in [0.05, 0.1) is 19.4 Å². The second kappa shape index (κ2) is 10.5. The number of H-pyrrole nitrogens is 2. The van der Waals surface area contributed by atoms with E-state index in [1.165, 1.54) is 6.21 Å². The van der Waals surface area contributed by atoms with Crippen LogP contribution < -0.4 is 26.7 Å². The number of hydrazone groups is 1. The monoisotopic (exact) mass is 374 g/mol. The summed E-state index contributed by atoms with van der Waals surface area (Å²) in [5.41, 5.74) is 1.63. The van der Waals surface area contributed by atoms with Gasteiger partial charge in [-0.3, -0.25) is 14.6 Å². The lowest BCUT2D eigenvalue weighted by Gasteiger charge is -2.08. The molecular formula is C17H22N6O4. The van der Waals surface area contributed by atoms with Crippen LogP contribution in [0, 0.1) is 0 Å². The number of rotatable bonds is 10. The molecule has 0 unspecified atom stereocenters. The number of aromatic amines is 2. The lowest BCUT2D eigenvalue weighted by Crippen LogP contribution is -2.31. The highest BCUT2D eigenvalue weighted by atomic mass is 16.5. The van der Waals surface area contributed by atoms with E-state index in [1.54, 1.807) is 0 Å². The maximum absolute atomic E-state index is 11.8. The van der Waals surface area contributed by atoms with Crippen LogP contribution in [0.2, 0.25) is 0 Å². The summed E-state index contributed by atoms with van der Waals surface area (Å²) < 4.78 is 5.73. The second-order valence-corrected chi connectivity index (χ2v) is 5.60. The molecule has 0 aliphatic rings. The van der Waals surface area contributed by atoms with Gasteiger partial charge >= 0.3 is 5.69 Å². The average Bonchev–Trinajstić information content (AvgIpc) is 2.65. The lowest BCUT2D eigenvalue weighted by atomic mass is 10.2. The first kappa shape index (κ1) is 19.9. The molecule has 2 rings (SSSR count). The van der Waals surface area contributed by atoms with Gasteiger partial charge in [-0.1, -0.05) is 31.9 Å². The molecule has 2 aromatic rings. The van der Waals surface area contributed by atoms with E-state index in [1.807, 2.05) is 29.2 Å². The molecule has 0 aliphatic carbocycles. The van der Waals surface area contributed by atoms with E-state index >= 15 is 0 Å². The lowest BCUT2D eigenvalue weighted by molar-refractivity contribution is -0.119. The minimum Gasteiger partial charge on any atom is -0.493 e. The van der Waals surface area contributed by atoms with Gasteiger partial charge in [0.2, 0.25) is 5.82 Å². The van der Waals surface area contributed by atoms with Crippen LogP contribution in [0.15, 0.2) is 39.0 Å². The molecule has 1 aromatic heterocycles. The standard InChI is InChI=1S/C17H22N6O4/c1-2-3-6-9-27-13-8-5-4-7-12(13)10-19-21-14(24)11-18-15-16(25)20-17(26)23-22-15/h4-5,7-8,10H,2-3,6,9,11H2,1H3,(H,18,22)(H,21,24)(H2,20,23,25,26)/b19-10+. The quantitative estimate of drug-likeness (QED) is 0.272. The molecule has 10 heteroatoms. The van der Waals surface area contributed by atoms with Crippen LogP contribution in [-0.2, 0) is 4.79 Å². The van der Waals surface area contributed by atoms with Crippen LogP contribution in [0.5, 0.6) is 5.75 Å². The van der Waals surface area contributed by atoms with Crippen molar-refractivity contribution in [2.45, 2.75) is 26.2 Å². The summed E-state index contributed by atoms with van der Waals surface area (Å²) in [5.74, 6) is 0.0354. The van der Waals surface area contributed by atoms with Crippen LogP contribution in [0.1, 0.15) is 31.7 Å². The van der Waals surface area contributed by atoms with Gasteiger partial charge in [0, 0.05) is 5.56 Å². The second-order valence-electron chi connectivity index (χ2n) is 5.60. The highest BCUT2D eigenvalue weighted by Crippen LogP contribution is 2.16. The number of unbranched alkanes of at least 4 members (excludes halogenated alkanes) is 2. The van der Waals surface area contributed by atoms with Crippen molar-refractivity contribution in [1.82, 2.24) is 20.6 Å². The Morgan fingerprint density at radius 2 is 2.11 bits per heavy atom. The largest absolute Gasteiger partial charge is 0.493 e. The number of anilines is 1. The van der Waals surface area contributed by atoms with Gasteiger partial charge in [0.25, 0.3) is 11.5 Å². The Kier molecular flexibility index (Phi) is 7.76. The Labute approximate surface area is 155 Å². The van der Waals surface area contributed by atoms with Gasteiger partial charge in [-0.2, -0.15) is 5.10 Å². The van der Waals surface area contributed by atoms with Crippen LogP contribution >= 0.6 is 0 Å². The number of para-hydroxylation sites is 1. The summed E-state index contributed by atoms with van der Waals surface area (Å²) in [7, 11) is 0. The SMILES string of the molecule is CCCCCOc1ccccc1/C=N/NC(=O)CNc1n[nH]c(=O)[nH]c1=O. The van der Waals surface area contributed by atoms with Crippen molar-refractivity contribution in [3.8, 4) is 5.75 Å². The molecule has 1 heterocycles. The Balaban J connectivity index is 1.84. The molecule has 1 aromatic carbocycles. The van der Waals surface area contributed by atoms with Gasteiger partial charge < -0.3 is 10.1 Å². The first-order chi connectivity index (χ1) is 13.1. The molecular weight excluding hydrogens is 352 g/mol. The molecule has 0 saturated heterocycles. The van der Waals surface area contributed by atoms with E-state index < -0.39 is 17.2 Å². The maximum atomic E-state index is 11.8. The van der Waals surface area contributed by atoms with E-state index in [-0.39, 0.29) is 12.4 Å². The molecule has 0 aliphatic heterocycles. The fourth-order valence-electron chi connectivity index (χ4n) is 2.10. The molecule has 1 amide bonds. The Morgan fingerprint density at radius 1 is 1.30 bits per heavy atom. The van der Waals surface area contributed by atoms with E-state index in [4.69, 9.17) is 4.74 Å². The number of amides is 1. The molecule has 0 bridgehead atoms. The fourth-order valence-corrected chi connectivity index (χ4v) is 2.10. The molecule has 0 atom stereocenters. The Bertz CT molecular complexity index is 889. The molecule has 0 spiro atoms. The fraction of sp³-hybridized carbons (Fsp3) is 0.353. The summed E-state index contributed by atoms with van der Waals surface area (Å²) in [6, 6.07) is 7.37. The van der Waals surface area contributed by atoms with Crippen molar-refractivity contribution in [3.05, 3.63) is 50.7 Å². The smallest absolute Gasteiger partial charge is 0.342 e. The number of aromatic nitrogens is 3. The van der Waals surface area contributed by atoms with Crippen molar-refractivity contribution >= 4 is 17.9 Å². The number of nitrogens with one attached hydrogen (secondary N) is 4.